The van der Waals surface area contributed by atoms with Crippen molar-refractivity contribution < 1.29 is 9.69 Å². The Labute approximate surface area is 233 Å². The Morgan fingerprint density at radius 2 is 1.54 bits per heavy atom. The van der Waals surface area contributed by atoms with E-state index in [9.17, 15) is 4.79 Å². The summed E-state index contributed by atoms with van der Waals surface area (Å²) in [6.45, 7) is 3.03. The van der Waals surface area contributed by atoms with Crippen LogP contribution in [0, 0.1) is 0 Å². The highest BCUT2D eigenvalue weighted by molar-refractivity contribution is 6.30. The molecular formula is C30H33ClN7O+. The van der Waals surface area contributed by atoms with E-state index in [1.165, 1.54) is 4.90 Å². The minimum atomic E-state index is -0.180. The maximum Gasteiger partial charge on any atom is 0.322 e. The van der Waals surface area contributed by atoms with E-state index in [2.05, 4.69) is 69.0 Å². The molecule has 1 aliphatic heterocycles. The number of tetrazole rings is 1. The second-order valence-electron chi connectivity index (χ2n) is 10.5. The van der Waals surface area contributed by atoms with Gasteiger partial charge >= 0.3 is 6.03 Å². The van der Waals surface area contributed by atoms with E-state index in [0.717, 1.165) is 55.7 Å². The predicted molar refractivity (Wildman–Crippen MR) is 151 cm³/mol. The van der Waals surface area contributed by atoms with Gasteiger partial charge in [0.1, 0.15) is 6.04 Å². The van der Waals surface area contributed by atoms with E-state index in [-0.39, 0.29) is 17.6 Å². The van der Waals surface area contributed by atoms with Crippen LogP contribution in [0.15, 0.2) is 84.9 Å². The van der Waals surface area contributed by atoms with Gasteiger partial charge in [0.05, 0.1) is 26.2 Å². The summed E-state index contributed by atoms with van der Waals surface area (Å²) >= 11 is 6.10. The number of piperazine rings is 1. The lowest BCUT2D eigenvalue weighted by Crippen LogP contribution is -3.21. The van der Waals surface area contributed by atoms with Crippen LogP contribution in [0.3, 0.4) is 0 Å². The Morgan fingerprint density at radius 1 is 0.897 bits per heavy atom. The Morgan fingerprint density at radius 3 is 2.15 bits per heavy atom. The maximum atomic E-state index is 13.0. The number of hydrogen-bond donors (Lipinski definition) is 2. The molecule has 8 nitrogen and oxygen atoms in total. The van der Waals surface area contributed by atoms with E-state index in [1.54, 1.807) is 12.1 Å². The monoisotopic (exact) mass is 542 g/mol. The molecule has 0 unspecified atom stereocenters. The van der Waals surface area contributed by atoms with Crippen molar-refractivity contribution in [1.29, 1.82) is 0 Å². The molecular weight excluding hydrogens is 510 g/mol. The molecule has 0 bridgehead atoms. The molecule has 39 heavy (non-hydrogen) atoms. The van der Waals surface area contributed by atoms with Crippen LogP contribution in [0.2, 0.25) is 5.02 Å². The minimum absolute atomic E-state index is 0.0881. The van der Waals surface area contributed by atoms with Crippen LogP contribution in [0.4, 0.5) is 10.5 Å². The van der Waals surface area contributed by atoms with Gasteiger partial charge in [0.25, 0.3) is 0 Å². The summed E-state index contributed by atoms with van der Waals surface area (Å²) in [4.78, 5) is 16.4. The highest BCUT2D eigenvalue weighted by Crippen LogP contribution is 2.38. The van der Waals surface area contributed by atoms with E-state index in [0.29, 0.717) is 23.8 Å². The van der Waals surface area contributed by atoms with E-state index < -0.39 is 0 Å². The number of amides is 2. The van der Waals surface area contributed by atoms with Gasteiger partial charge in [0.15, 0.2) is 5.54 Å². The molecule has 2 amide bonds. The van der Waals surface area contributed by atoms with Crippen LogP contribution < -0.4 is 10.2 Å². The molecule has 2 aliphatic rings. The Hall–Kier alpha value is -3.75. The first-order valence-electron chi connectivity index (χ1n) is 13.7. The molecule has 2 N–H and O–H groups in total. The highest BCUT2D eigenvalue weighted by Gasteiger charge is 2.51. The number of anilines is 1. The first-order valence-corrected chi connectivity index (χ1v) is 14.1. The number of quaternary nitrogens is 1. The first-order chi connectivity index (χ1) is 19.1. The summed E-state index contributed by atoms with van der Waals surface area (Å²) in [5, 5.41) is 17.2. The third kappa shape index (κ3) is 5.14. The van der Waals surface area contributed by atoms with Gasteiger partial charge in [-0.25, -0.2) is 9.48 Å². The van der Waals surface area contributed by atoms with Crippen molar-refractivity contribution in [2.24, 2.45) is 0 Å². The van der Waals surface area contributed by atoms with Crippen molar-refractivity contribution in [3.8, 4) is 0 Å². The Kier molecular flexibility index (Phi) is 7.30. The van der Waals surface area contributed by atoms with Gasteiger partial charge in [-0.2, -0.15) is 0 Å². The van der Waals surface area contributed by atoms with Gasteiger partial charge in [-0.1, -0.05) is 78.3 Å². The number of nitrogens with one attached hydrogen (secondary N) is 2. The zero-order chi connectivity index (χ0) is 26.7. The zero-order valence-electron chi connectivity index (χ0n) is 21.8. The number of aromatic nitrogens is 4. The van der Waals surface area contributed by atoms with Gasteiger partial charge in [-0.15, -0.1) is 5.10 Å². The quantitative estimate of drug-likeness (QED) is 0.383. The third-order valence-electron chi connectivity index (χ3n) is 8.26. The average Bonchev–Trinajstić information content (AvgIpc) is 3.66. The molecule has 9 heteroatoms. The highest BCUT2D eigenvalue weighted by atomic mass is 35.5. The van der Waals surface area contributed by atoms with Crippen molar-refractivity contribution in [3.05, 3.63) is 107 Å². The molecule has 2 heterocycles. The summed E-state index contributed by atoms with van der Waals surface area (Å²) in [6.07, 6.45) is 4.37. The molecule has 1 saturated carbocycles. The minimum Gasteiger partial charge on any atom is -0.321 e. The number of halogens is 1. The van der Waals surface area contributed by atoms with Gasteiger partial charge < -0.3 is 15.1 Å². The summed E-state index contributed by atoms with van der Waals surface area (Å²) < 4.78 is 2.06. The smallest absolute Gasteiger partial charge is 0.321 e. The number of nitrogens with zero attached hydrogens (tertiary/aromatic N) is 5. The molecule has 1 aromatic heterocycles. The molecule has 2 fully saturated rings. The van der Waals surface area contributed by atoms with Crippen LogP contribution in [-0.4, -0.2) is 57.3 Å². The maximum absolute atomic E-state index is 13.0. The molecule has 0 spiro atoms. The zero-order valence-corrected chi connectivity index (χ0v) is 22.6. The summed E-state index contributed by atoms with van der Waals surface area (Å²) in [7, 11) is 0. The Balaban J connectivity index is 1.26. The Bertz CT molecular complexity index is 1360. The third-order valence-corrected chi connectivity index (χ3v) is 8.50. The van der Waals surface area contributed by atoms with Gasteiger partial charge in [-0.05, 0) is 52.6 Å². The number of rotatable bonds is 6. The standard InChI is InChI=1S/C30H32ClN7O/c31-25-14-9-15-26(22-25)32-29(39)36-18-20-37(21-19-36)30(16-7-8-17-30)28-33-34-35-38(28)27(23-10-3-1-4-11-23)24-12-5-2-6-13-24/h1-6,9-15,22,27H,7-8,16-21H2,(H,32,39)/p+1. The average molecular weight is 543 g/mol. The van der Waals surface area contributed by atoms with Crippen molar-refractivity contribution in [1.82, 2.24) is 25.1 Å². The fraction of sp³-hybridized carbons (Fsp3) is 0.333. The number of hydrogen-bond acceptors (Lipinski definition) is 4. The normalized spacial score (nSPS) is 17.4. The van der Waals surface area contributed by atoms with Crippen LogP contribution in [0.25, 0.3) is 0 Å². The summed E-state index contributed by atoms with van der Waals surface area (Å²) in [5.41, 5.74) is 2.84. The largest absolute Gasteiger partial charge is 0.322 e. The SMILES string of the molecule is O=C(Nc1cccc(Cl)c1)N1CC[NH+](C2(c3nnnn3C(c3ccccc3)c3ccccc3)CCCC2)CC1. The topological polar surface area (TPSA) is 80.4 Å². The summed E-state index contributed by atoms with van der Waals surface area (Å²) in [5.74, 6) is 0.949. The van der Waals surface area contributed by atoms with Crippen LogP contribution in [0.5, 0.6) is 0 Å². The molecule has 6 rings (SSSR count). The second kappa shape index (κ2) is 11.2. The van der Waals surface area contributed by atoms with Gasteiger partial charge in [-0.3, -0.25) is 0 Å². The molecule has 3 aromatic carbocycles. The molecule has 1 saturated heterocycles. The lowest BCUT2D eigenvalue weighted by Gasteiger charge is -2.42. The van der Waals surface area contributed by atoms with E-state index >= 15 is 0 Å². The lowest BCUT2D eigenvalue weighted by atomic mass is 9.91. The van der Waals surface area contributed by atoms with Crippen molar-refractivity contribution in [2.45, 2.75) is 37.3 Å². The number of urea groups is 1. The van der Waals surface area contributed by atoms with E-state index in [1.807, 2.05) is 29.2 Å². The second-order valence-corrected chi connectivity index (χ2v) is 10.9. The number of carbonyl (C=O) groups excluding carboxylic acids is 1. The number of benzene rings is 3. The fourth-order valence-electron chi connectivity index (χ4n) is 6.37. The molecule has 200 valence electrons. The van der Waals surface area contributed by atoms with Crippen LogP contribution in [0.1, 0.15) is 48.7 Å². The first kappa shape index (κ1) is 25.5. The van der Waals surface area contributed by atoms with Crippen molar-refractivity contribution >= 4 is 23.3 Å². The van der Waals surface area contributed by atoms with E-state index in [4.69, 9.17) is 16.7 Å². The van der Waals surface area contributed by atoms with Gasteiger partial charge in [0.2, 0.25) is 5.82 Å². The summed E-state index contributed by atoms with van der Waals surface area (Å²) in [6, 6.07) is 28.0. The fourth-order valence-corrected chi connectivity index (χ4v) is 6.56. The van der Waals surface area contributed by atoms with Crippen molar-refractivity contribution in [3.63, 3.8) is 0 Å². The number of carbonyl (C=O) groups is 1. The van der Waals surface area contributed by atoms with Gasteiger partial charge in [0, 0.05) is 23.6 Å². The van der Waals surface area contributed by atoms with Crippen LogP contribution >= 0.6 is 11.6 Å². The van der Waals surface area contributed by atoms with Crippen molar-refractivity contribution in [2.75, 3.05) is 31.5 Å². The molecule has 0 radical (unpaired) electrons. The lowest BCUT2D eigenvalue weighted by molar-refractivity contribution is -0.965. The molecule has 1 aliphatic carbocycles. The van der Waals surface area contributed by atoms with Crippen LogP contribution in [-0.2, 0) is 5.54 Å². The predicted octanol–water partition coefficient (Wildman–Crippen LogP) is 4.17. The molecule has 4 aromatic rings. The molecule has 0 atom stereocenters.